The first-order valence-corrected chi connectivity index (χ1v) is 14.1. The molecular weight excluding hydrogens is 511 g/mol. The van der Waals surface area contributed by atoms with E-state index in [2.05, 4.69) is 12.2 Å². The minimum atomic E-state index is -0.666. The molecule has 0 heterocycles. The fourth-order valence-corrected chi connectivity index (χ4v) is 5.15. The predicted octanol–water partition coefficient (Wildman–Crippen LogP) is 6.78. The summed E-state index contributed by atoms with van der Waals surface area (Å²) in [5.74, 6) is 0.717. The van der Waals surface area contributed by atoms with Crippen LogP contribution >= 0.6 is 35.0 Å². The Balaban J connectivity index is 1.86. The molecule has 1 atom stereocenters. The average Bonchev–Trinajstić information content (AvgIpc) is 2.88. The van der Waals surface area contributed by atoms with Gasteiger partial charge < -0.3 is 10.2 Å². The Kier molecular flexibility index (Phi) is 11.7. The number of carbonyl (C=O) groups is 2. The lowest BCUT2D eigenvalue weighted by Gasteiger charge is -2.32. The van der Waals surface area contributed by atoms with E-state index in [0.29, 0.717) is 28.8 Å². The normalized spacial score (nSPS) is 11.6. The van der Waals surface area contributed by atoms with E-state index < -0.39 is 6.04 Å². The lowest BCUT2D eigenvalue weighted by atomic mass is 10.0. The molecule has 0 spiro atoms. The second-order valence-corrected chi connectivity index (χ2v) is 10.4. The van der Waals surface area contributed by atoms with Crippen LogP contribution in [0, 0.1) is 0 Å². The summed E-state index contributed by atoms with van der Waals surface area (Å²) in [6, 6.07) is 24.4. The third-order valence-corrected chi connectivity index (χ3v) is 7.37. The first kappa shape index (κ1) is 28.1. The first-order valence-electron chi connectivity index (χ1n) is 12.1. The number of carbonyl (C=O) groups excluding carboxylic acids is 2. The van der Waals surface area contributed by atoms with Crippen molar-refractivity contribution in [1.29, 1.82) is 0 Å². The summed E-state index contributed by atoms with van der Waals surface area (Å²) >= 11 is 14.1. The van der Waals surface area contributed by atoms with Gasteiger partial charge in [-0.15, -0.1) is 11.8 Å². The molecule has 0 aliphatic carbocycles. The fourth-order valence-electron chi connectivity index (χ4n) is 3.81. The zero-order chi connectivity index (χ0) is 25.8. The van der Waals surface area contributed by atoms with Crippen LogP contribution in [0.5, 0.6) is 0 Å². The summed E-state index contributed by atoms with van der Waals surface area (Å²) in [4.78, 5) is 28.7. The monoisotopic (exact) mass is 542 g/mol. The molecule has 36 heavy (non-hydrogen) atoms. The van der Waals surface area contributed by atoms with Gasteiger partial charge in [0.1, 0.15) is 6.04 Å². The maximum absolute atomic E-state index is 13.6. The lowest BCUT2D eigenvalue weighted by Crippen LogP contribution is -2.51. The van der Waals surface area contributed by atoms with Crippen molar-refractivity contribution < 1.29 is 9.59 Å². The van der Waals surface area contributed by atoms with Gasteiger partial charge in [0.05, 0.1) is 5.75 Å². The number of benzene rings is 3. The summed E-state index contributed by atoms with van der Waals surface area (Å²) in [7, 11) is 0. The molecule has 0 saturated carbocycles. The van der Waals surface area contributed by atoms with Crippen molar-refractivity contribution in [2.24, 2.45) is 0 Å². The smallest absolute Gasteiger partial charge is 0.243 e. The highest BCUT2D eigenvalue weighted by Crippen LogP contribution is 2.25. The molecule has 0 fully saturated rings. The zero-order valence-electron chi connectivity index (χ0n) is 20.5. The topological polar surface area (TPSA) is 49.4 Å². The van der Waals surface area contributed by atoms with Gasteiger partial charge >= 0.3 is 0 Å². The molecule has 190 valence electrons. The molecule has 7 heteroatoms. The van der Waals surface area contributed by atoms with Crippen LogP contribution in [0.1, 0.15) is 36.5 Å². The highest BCUT2D eigenvalue weighted by Gasteiger charge is 2.30. The van der Waals surface area contributed by atoms with E-state index in [1.54, 1.807) is 17.0 Å². The molecule has 3 aromatic rings. The summed E-state index contributed by atoms with van der Waals surface area (Å²) in [6.07, 6.45) is 2.27. The lowest BCUT2D eigenvalue weighted by molar-refractivity contribution is -0.139. The van der Waals surface area contributed by atoms with Crippen LogP contribution in [0.3, 0.4) is 0 Å². The van der Waals surface area contributed by atoms with Crippen LogP contribution in [-0.2, 0) is 28.3 Å². The summed E-state index contributed by atoms with van der Waals surface area (Å²) in [5.41, 5.74) is 2.90. The zero-order valence-corrected chi connectivity index (χ0v) is 22.8. The molecule has 3 rings (SSSR count). The van der Waals surface area contributed by atoms with Crippen LogP contribution in [0.2, 0.25) is 10.0 Å². The molecule has 0 bridgehead atoms. The third kappa shape index (κ3) is 8.88. The molecule has 4 nitrogen and oxygen atoms in total. The molecule has 2 amide bonds. The highest BCUT2D eigenvalue weighted by molar-refractivity contribution is 7.99. The number of rotatable bonds is 13. The number of hydrogen-bond donors (Lipinski definition) is 1. The van der Waals surface area contributed by atoms with Crippen molar-refractivity contribution in [2.45, 2.75) is 44.5 Å². The van der Waals surface area contributed by atoms with Gasteiger partial charge in [-0.2, -0.15) is 0 Å². The average molecular weight is 544 g/mol. The van der Waals surface area contributed by atoms with E-state index in [1.165, 1.54) is 11.8 Å². The maximum Gasteiger partial charge on any atom is 0.243 e. The van der Waals surface area contributed by atoms with E-state index in [-0.39, 0.29) is 24.1 Å². The van der Waals surface area contributed by atoms with Gasteiger partial charge in [-0.1, -0.05) is 103 Å². The Labute approximate surface area is 228 Å². The summed E-state index contributed by atoms with van der Waals surface area (Å²) < 4.78 is 0. The van der Waals surface area contributed by atoms with Crippen molar-refractivity contribution in [3.63, 3.8) is 0 Å². The van der Waals surface area contributed by atoms with Crippen LogP contribution in [0.15, 0.2) is 78.9 Å². The van der Waals surface area contributed by atoms with Crippen molar-refractivity contribution in [3.8, 4) is 0 Å². The van der Waals surface area contributed by atoms with Crippen LogP contribution in [-0.4, -0.2) is 35.1 Å². The molecule has 1 N–H and O–H groups in total. The van der Waals surface area contributed by atoms with Gasteiger partial charge in [0, 0.05) is 35.3 Å². The molecule has 0 aromatic heterocycles. The SMILES string of the molecule is CCCCNC(=O)[C@H](Cc1ccccc1)N(Cc1ccc(Cl)cc1Cl)C(=O)CSCc1ccccc1. The predicted molar refractivity (Wildman–Crippen MR) is 151 cm³/mol. The second-order valence-electron chi connectivity index (χ2n) is 8.59. The Morgan fingerprint density at radius 2 is 1.61 bits per heavy atom. The van der Waals surface area contributed by atoms with Gasteiger partial charge in [0.2, 0.25) is 11.8 Å². The summed E-state index contributed by atoms with van der Waals surface area (Å²) in [6.45, 7) is 2.88. The van der Waals surface area contributed by atoms with Gasteiger partial charge in [-0.25, -0.2) is 0 Å². The molecule has 3 aromatic carbocycles. The number of nitrogens with zero attached hydrogens (tertiary/aromatic N) is 1. The molecular formula is C29H32Cl2N2O2S. The van der Waals surface area contributed by atoms with E-state index in [1.807, 2.05) is 66.7 Å². The number of thioether (sulfide) groups is 1. The minimum absolute atomic E-state index is 0.103. The number of nitrogens with one attached hydrogen (secondary N) is 1. The Hall–Kier alpha value is -2.47. The second kappa shape index (κ2) is 14.9. The van der Waals surface area contributed by atoms with E-state index >= 15 is 0 Å². The van der Waals surface area contributed by atoms with E-state index in [9.17, 15) is 9.59 Å². The molecule has 0 unspecified atom stereocenters. The Morgan fingerprint density at radius 1 is 0.944 bits per heavy atom. The Morgan fingerprint density at radius 3 is 2.25 bits per heavy atom. The van der Waals surface area contributed by atoms with Gasteiger partial charge in [-0.05, 0) is 35.2 Å². The number of unbranched alkanes of at least 4 members (excludes halogenated alkanes) is 1. The molecule has 0 radical (unpaired) electrons. The van der Waals surface area contributed by atoms with Crippen molar-refractivity contribution in [2.75, 3.05) is 12.3 Å². The van der Waals surface area contributed by atoms with E-state index in [4.69, 9.17) is 23.2 Å². The van der Waals surface area contributed by atoms with Gasteiger partial charge in [-0.3, -0.25) is 9.59 Å². The molecule has 0 saturated heterocycles. The fraction of sp³-hybridized carbons (Fsp3) is 0.310. The summed E-state index contributed by atoms with van der Waals surface area (Å²) in [5, 5.41) is 4.04. The first-order chi connectivity index (χ1) is 17.5. The number of hydrogen-bond acceptors (Lipinski definition) is 3. The molecule has 0 aliphatic heterocycles. The standard InChI is InChI=1S/C29H32Cl2N2O2S/c1-2-3-16-32-29(35)27(17-22-10-6-4-7-11-22)33(19-24-14-15-25(30)18-26(24)31)28(34)21-36-20-23-12-8-5-9-13-23/h4-15,18,27H,2-3,16-17,19-21H2,1H3,(H,32,35)/t27-/m0/s1. The molecule has 0 aliphatic rings. The van der Waals surface area contributed by atoms with Crippen molar-refractivity contribution in [3.05, 3.63) is 106 Å². The van der Waals surface area contributed by atoms with Crippen molar-refractivity contribution >= 4 is 46.8 Å². The maximum atomic E-state index is 13.6. The largest absolute Gasteiger partial charge is 0.354 e. The van der Waals surface area contributed by atoms with Crippen LogP contribution in [0.25, 0.3) is 0 Å². The van der Waals surface area contributed by atoms with Crippen molar-refractivity contribution in [1.82, 2.24) is 10.2 Å². The number of halogens is 2. The van der Waals surface area contributed by atoms with E-state index in [0.717, 1.165) is 29.5 Å². The quantitative estimate of drug-likeness (QED) is 0.242. The van der Waals surface area contributed by atoms with Gasteiger partial charge in [0.15, 0.2) is 0 Å². The van der Waals surface area contributed by atoms with Crippen LogP contribution in [0.4, 0.5) is 0 Å². The minimum Gasteiger partial charge on any atom is -0.354 e. The highest BCUT2D eigenvalue weighted by atomic mass is 35.5. The Bertz CT molecular complexity index is 1110. The number of amides is 2. The van der Waals surface area contributed by atoms with Gasteiger partial charge in [0.25, 0.3) is 0 Å². The third-order valence-electron chi connectivity index (χ3n) is 5.79. The van der Waals surface area contributed by atoms with Crippen LogP contribution < -0.4 is 5.32 Å².